The van der Waals surface area contributed by atoms with Crippen LogP contribution < -0.4 is 5.32 Å². The highest BCUT2D eigenvalue weighted by atomic mass is 32.2. The van der Waals surface area contributed by atoms with Crippen molar-refractivity contribution in [2.45, 2.75) is 39.5 Å². The van der Waals surface area contributed by atoms with E-state index in [0.717, 1.165) is 11.1 Å². The third-order valence-electron chi connectivity index (χ3n) is 5.15. The number of amides is 1. The number of sulfonamides is 1. The highest BCUT2D eigenvalue weighted by Gasteiger charge is 2.23. The highest BCUT2D eigenvalue weighted by molar-refractivity contribution is 7.89. The lowest BCUT2D eigenvalue weighted by Crippen LogP contribution is -2.30. The molecule has 0 aliphatic carbocycles. The zero-order chi connectivity index (χ0) is 22.8. The third-order valence-corrected chi connectivity index (χ3v) is 7.18. The average molecular weight is 443 g/mol. The Morgan fingerprint density at radius 3 is 2.26 bits per heavy atom. The van der Waals surface area contributed by atoms with Crippen molar-refractivity contribution in [2.24, 2.45) is 0 Å². The smallest absolute Gasteiger partial charge is 0.257 e. The SMILES string of the molecule is CCN(CC)S(=O)(=O)c1cc(C)c(C)c(NC(=O)c2ccc(-c3nc(C)no3)cc2)c1. The van der Waals surface area contributed by atoms with Gasteiger partial charge in [-0.05, 0) is 68.3 Å². The van der Waals surface area contributed by atoms with E-state index in [1.165, 1.54) is 10.4 Å². The van der Waals surface area contributed by atoms with Crippen molar-refractivity contribution in [3.8, 4) is 11.5 Å². The van der Waals surface area contributed by atoms with Gasteiger partial charge in [0.05, 0.1) is 4.90 Å². The van der Waals surface area contributed by atoms with Crippen LogP contribution in [0.15, 0.2) is 45.8 Å². The summed E-state index contributed by atoms with van der Waals surface area (Å²) in [5.41, 5.74) is 3.19. The molecule has 0 saturated carbocycles. The summed E-state index contributed by atoms with van der Waals surface area (Å²) in [6, 6.07) is 9.91. The topological polar surface area (TPSA) is 105 Å². The fraction of sp³-hybridized carbons (Fsp3) is 0.318. The summed E-state index contributed by atoms with van der Waals surface area (Å²) in [6.45, 7) is 9.74. The van der Waals surface area contributed by atoms with E-state index < -0.39 is 10.0 Å². The molecule has 0 unspecified atom stereocenters. The molecule has 0 aliphatic heterocycles. The second-order valence-corrected chi connectivity index (χ2v) is 9.12. The van der Waals surface area contributed by atoms with E-state index >= 15 is 0 Å². The monoisotopic (exact) mass is 442 g/mol. The molecule has 0 aliphatic rings. The molecule has 0 spiro atoms. The fourth-order valence-corrected chi connectivity index (χ4v) is 4.76. The molecule has 0 fully saturated rings. The normalized spacial score (nSPS) is 11.7. The lowest BCUT2D eigenvalue weighted by Gasteiger charge is -2.20. The van der Waals surface area contributed by atoms with Gasteiger partial charge in [0.2, 0.25) is 10.0 Å². The summed E-state index contributed by atoms with van der Waals surface area (Å²) >= 11 is 0. The standard InChI is InChI=1S/C22H26N4O4S/c1-6-26(7-2)31(28,29)19-12-14(3)15(4)20(13-19)24-21(27)17-8-10-18(11-9-17)22-23-16(5)25-30-22/h8-13H,6-7H2,1-5H3,(H,24,27). The maximum atomic E-state index is 12.9. The van der Waals surface area contributed by atoms with Crippen molar-refractivity contribution < 1.29 is 17.7 Å². The summed E-state index contributed by atoms with van der Waals surface area (Å²) in [4.78, 5) is 17.1. The van der Waals surface area contributed by atoms with E-state index in [4.69, 9.17) is 4.52 Å². The van der Waals surface area contributed by atoms with Crippen LogP contribution in [-0.2, 0) is 10.0 Å². The third kappa shape index (κ3) is 4.67. The molecule has 1 amide bonds. The molecule has 164 valence electrons. The Bertz CT molecular complexity index is 1200. The molecule has 0 atom stereocenters. The van der Waals surface area contributed by atoms with Gasteiger partial charge in [-0.2, -0.15) is 9.29 Å². The molecule has 1 aromatic heterocycles. The zero-order valence-electron chi connectivity index (χ0n) is 18.3. The predicted octanol–water partition coefficient (Wildman–Crippen LogP) is 3.94. The number of aromatic nitrogens is 2. The van der Waals surface area contributed by atoms with Crippen LogP contribution in [0.3, 0.4) is 0 Å². The van der Waals surface area contributed by atoms with Crippen LogP contribution in [0.2, 0.25) is 0 Å². The Balaban J connectivity index is 1.88. The summed E-state index contributed by atoms with van der Waals surface area (Å²) in [5.74, 6) is 0.570. The van der Waals surface area contributed by atoms with Crippen molar-refractivity contribution in [2.75, 3.05) is 18.4 Å². The number of hydrogen-bond acceptors (Lipinski definition) is 6. The van der Waals surface area contributed by atoms with Crippen molar-refractivity contribution in [3.63, 3.8) is 0 Å². The van der Waals surface area contributed by atoms with Gasteiger partial charge in [-0.15, -0.1) is 0 Å². The van der Waals surface area contributed by atoms with Crippen molar-refractivity contribution in [1.29, 1.82) is 0 Å². The van der Waals surface area contributed by atoms with Gasteiger partial charge in [-0.1, -0.05) is 19.0 Å². The number of carbonyl (C=O) groups is 1. The first kappa shape index (κ1) is 22.6. The highest BCUT2D eigenvalue weighted by Crippen LogP contribution is 2.27. The number of benzene rings is 2. The summed E-state index contributed by atoms with van der Waals surface area (Å²) in [5, 5.41) is 6.60. The van der Waals surface area contributed by atoms with Crippen LogP contribution in [0.4, 0.5) is 5.69 Å². The van der Waals surface area contributed by atoms with E-state index in [1.807, 2.05) is 13.8 Å². The molecule has 0 saturated heterocycles. The van der Waals surface area contributed by atoms with E-state index in [2.05, 4.69) is 15.5 Å². The summed E-state index contributed by atoms with van der Waals surface area (Å²) in [6.07, 6.45) is 0. The van der Waals surface area contributed by atoms with E-state index in [-0.39, 0.29) is 10.8 Å². The maximum absolute atomic E-state index is 12.9. The lowest BCUT2D eigenvalue weighted by atomic mass is 10.1. The van der Waals surface area contributed by atoms with E-state index in [9.17, 15) is 13.2 Å². The molecule has 31 heavy (non-hydrogen) atoms. The molecule has 1 N–H and O–H groups in total. The molecule has 3 aromatic rings. The minimum absolute atomic E-state index is 0.164. The molecular formula is C22H26N4O4S. The second kappa shape index (κ2) is 8.99. The molecule has 2 aromatic carbocycles. The molecule has 1 heterocycles. The Kier molecular flexibility index (Phi) is 6.56. The van der Waals surface area contributed by atoms with E-state index in [0.29, 0.717) is 41.6 Å². The Hall–Kier alpha value is -3.04. The number of nitrogens with one attached hydrogen (secondary N) is 1. The number of carbonyl (C=O) groups excluding carboxylic acids is 1. The summed E-state index contributed by atoms with van der Waals surface area (Å²) < 4.78 is 32.4. The zero-order valence-corrected chi connectivity index (χ0v) is 19.1. The van der Waals surface area contributed by atoms with Gasteiger partial charge >= 0.3 is 0 Å². The van der Waals surface area contributed by atoms with E-state index in [1.54, 1.807) is 51.1 Å². The molecule has 8 nitrogen and oxygen atoms in total. The van der Waals surface area contributed by atoms with Crippen molar-refractivity contribution in [3.05, 3.63) is 58.9 Å². The van der Waals surface area contributed by atoms with Crippen LogP contribution in [0, 0.1) is 20.8 Å². The van der Waals surface area contributed by atoms with Gasteiger partial charge in [0.25, 0.3) is 11.8 Å². The van der Waals surface area contributed by atoms with Crippen LogP contribution in [-0.4, -0.2) is 41.9 Å². The number of rotatable bonds is 7. The van der Waals surface area contributed by atoms with Crippen LogP contribution >= 0.6 is 0 Å². The Labute approximate surface area is 182 Å². The van der Waals surface area contributed by atoms with Crippen LogP contribution in [0.5, 0.6) is 0 Å². The fourth-order valence-electron chi connectivity index (χ4n) is 3.19. The largest absolute Gasteiger partial charge is 0.334 e. The number of nitrogens with zero attached hydrogens (tertiary/aromatic N) is 3. The van der Waals surface area contributed by atoms with Gasteiger partial charge < -0.3 is 9.84 Å². The first-order chi connectivity index (χ1) is 14.7. The van der Waals surface area contributed by atoms with Crippen molar-refractivity contribution in [1.82, 2.24) is 14.4 Å². The number of aryl methyl sites for hydroxylation is 2. The average Bonchev–Trinajstić information content (AvgIpc) is 3.18. The summed E-state index contributed by atoms with van der Waals surface area (Å²) in [7, 11) is -3.64. The minimum Gasteiger partial charge on any atom is -0.334 e. The molecule has 0 bridgehead atoms. The Morgan fingerprint density at radius 1 is 1.06 bits per heavy atom. The maximum Gasteiger partial charge on any atom is 0.257 e. The van der Waals surface area contributed by atoms with Gasteiger partial charge in [0.15, 0.2) is 5.82 Å². The second-order valence-electron chi connectivity index (χ2n) is 7.18. The number of anilines is 1. The molecule has 9 heteroatoms. The first-order valence-corrected chi connectivity index (χ1v) is 11.4. The van der Waals surface area contributed by atoms with Gasteiger partial charge in [-0.3, -0.25) is 4.79 Å². The number of hydrogen-bond donors (Lipinski definition) is 1. The minimum atomic E-state index is -3.64. The molecule has 3 rings (SSSR count). The Morgan fingerprint density at radius 2 is 1.71 bits per heavy atom. The van der Waals surface area contributed by atoms with Gasteiger partial charge in [0.1, 0.15) is 0 Å². The predicted molar refractivity (Wildman–Crippen MR) is 118 cm³/mol. The first-order valence-electron chi connectivity index (χ1n) is 10.0. The van der Waals surface area contributed by atoms with Crippen LogP contribution in [0.25, 0.3) is 11.5 Å². The van der Waals surface area contributed by atoms with Crippen LogP contribution in [0.1, 0.15) is 41.2 Å². The quantitative estimate of drug-likeness (QED) is 0.594. The molecular weight excluding hydrogens is 416 g/mol. The van der Waals surface area contributed by atoms with Gasteiger partial charge in [-0.25, -0.2) is 8.42 Å². The molecule has 0 radical (unpaired) electrons. The van der Waals surface area contributed by atoms with Gasteiger partial charge in [0, 0.05) is 29.9 Å². The lowest BCUT2D eigenvalue weighted by molar-refractivity contribution is 0.102. The van der Waals surface area contributed by atoms with Crippen molar-refractivity contribution >= 4 is 21.6 Å².